The van der Waals surface area contributed by atoms with Crippen LogP contribution in [-0.2, 0) is 4.74 Å². The van der Waals surface area contributed by atoms with E-state index in [0.717, 1.165) is 26.2 Å². The molecule has 8 heteroatoms. The van der Waals surface area contributed by atoms with Gasteiger partial charge in [0.15, 0.2) is 0 Å². The van der Waals surface area contributed by atoms with Gasteiger partial charge < -0.3 is 14.5 Å². The number of nitrogen functional groups attached to an aromatic ring is 1. The molecule has 2 aliphatic heterocycles. The largest absolute Gasteiger partial charge is 0.372 e. The third-order valence-corrected chi connectivity index (χ3v) is 3.84. The zero-order valence-electron chi connectivity index (χ0n) is 12.7. The van der Waals surface area contributed by atoms with Crippen molar-refractivity contribution in [3.8, 4) is 0 Å². The van der Waals surface area contributed by atoms with Crippen molar-refractivity contribution in [2.24, 2.45) is 5.84 Å². The fourth-order valence-corrected chi connectivity index (χ4v) is 2.81. The minimum atomic E-state index is -0.199. The molecule has 21 heavy (non-hydrogen) atoms. The lowest BCUT2D eigenvalue weighted by molar-refractivity contribution is -0.0281. The van der Waals surface area contributed by atoms with Crippen LogP contribution in [0.25, 0.3) is 0 Å². The van der Waals surface area contributed by atoms with Crippen LogP contribution in [0.1, 0.15) is 26.7 Å². The Morgan fingerprint density at radius 3 is 2.33 bits per heavy atom. The first-order chi connectivity index (χ1) is 10.1. The van der Waals surface area contributed by atoms with Crippen LogP contribution in [0.4, 0.5) is 17.8 Å². The molecule has 3 heterocycles. The van der Waals surface area contributed by atoms with E-state index in [1.165, 1.54) is 12.8 Å². The molecule has 0 atom stereocenters. The van der Waals surface area contributed by atoms with Gasteiger partial charge in [-0.3, -0.25) is 5.43 Å². The predicted octanol–water partition coefficient (Wildman–Crippen LogP) is 0.373. The lowest BCUT2D eigenvalue weighted by Gasteiger charge is -2.38. The lowest BCUT2D eigenvalue weighted by atomic mass is 10.1. The fraction of sp³-hybridized carbons (Fsp3) is 0.769. The van der Waals surface area contributed by atoms with Crippen molar-refractivity contribution in [1.82, 2.24) is 15.0 Å². The van der Waals surface area contributed by atoms with Gasteiger partial charge in [0.25, 0.3) is 0 Å². The van der Waals surface area contributed by atoms with E-state index < -0.39 is 0 Å². The van der Waals surface area contributed by atoms with E-state index in [-0.39, 0.29) is 5.60 Å². The van der Waals surface area contributed by atoms with Gasteiger partial charge in [0.05, 0.1) is 12.2 Å². The average molecular weight is 293 g/mol. The first-order valence-electron chi connectivity index (χ1n) is 7.44. The Morgan fingerprint density at radius 2 is 1.71 bits per heavy atom. The maximum atomic E-state index is 5.74. The van der Waals surface area contributed by atoms with E-state index in [2.05, 4.69) is 44.0 Å². The number of morpholine rings is 1. The molecule has 0 saturated carbocycles. The molecule has 8 nitrogen and oxygen atoms in total. The van der Waals surface area contributed by atoms with E-state index in [1.807, 2.05) is 0 Å². The zero-order chi connectivity index (χ0) is 14.9. The Bertz CT molecular complexity index is 501. The number of rotatable bonds is 3. The monoisotopic (exact) mass is 293 g/mol. The number of nitrogens with two attached hydrogens (primary N) is 1. The number of nitrogens with zero attached hydrogens (tertiary/aromatic N) is 5. The van der Waals surface area contributed by atoms with Gasteiger partial charge in [0.1, 0.15) is 0 Å². The quantitative estimate of drug-likeness (QED) is 0.610. The van der Waals surface area contributed by atoms with E-state index in [9.17, 15) is 0 Å². The van der Waals surface area contributed by atoms with Gasteiger partial charge in [-0.1, -0.05) is 0 Å². The number of nitrogens with one attached hydrogen (secondary N) is 1. The molecule has 0 unspecified atom stereocenters. The van der Waals surface area contributed by atoms with Crippen LogP contribution in [0.3, 0.4) is 0 Å². The van der Waals surface area contributed by atoms with Crippen LogP contribution >= 0.6 is 0 Å². The van der Waals surface area contributed by atoms with Crippen LogP contribution in [0.15, 0.2) is 0 Å². The highest BCUT2D eigenvalue weighted by Crippen LogP contribution is 2.24. The zero-order valence-corrected chi connectivity index (χ0v) is 12.7. The van der Waals surface area contributed by atoms with Crippen LogP contribution in [0.2, 0.25) is 0 Å². The molecule has 0 aromatic carbocycles. The molecule has 3 N–H and O–H groups in total. The van der Waals surface area contributed by atoms with Gasteiger partial charge in [-0.15, -0.1) is 0 Å². The van der Waals surface area contributed by atoms with Crippen molar-refractivity contribution < 1.29 is 4.74 Å². The summed E-state index contributed by atoms with van der Waals surface area (Å²) in [7, 11) is 0. The normalized spacial score (nSPS) is 21.7. The summed E-state index contributed by atoms with van der Waals surface area (Å²) in [4.78, 5) is 17.7. The highest BCUT2D eigenvalue weighted by molar-refractivity contribution is 5.45. The fourth-order valence-electron chi connectivity index (χ4n) is 2.81. The number of ether oxygens (including phenoxy) is 1. The lowest BCUT2D eigenvalue weighted by Crippen LogP contribution is -2.49. The van der Waals surface area contributed by atoms with Crippen LogP contribution in [-0.4, -0.2) is 53.3 Å². The van der Waals surface area contributed by atoms with Crippen molar-refractivity contribution in [1.29, 1.82) is 0 Å². The van der Waals surface area contributed by atoms with E-state index in [0.29, 0.717) is 24.5 Å². The van der Waals surface area contributed by atoms with Gasteiger partial charge in [-0.05, 0) is 26.7 Å². The molecule has 0 bridgehead atoms. The second kappa shape index (κ2) is 5.61. The van der Waals surface area contributed by atoms with Crippen LogP contribution in [0.5, 0.6) is 0 Å². The SMILES string of the molecule is CC1(C)CN(c2nc(NN)nc(N3CCCC3)n2)CCO1. The summed E-state index contributed by atoms with van der Waals surface area (Å²) in [5, 5.41) is 0. The molecular formula is C13H23N7O. The summed E-state index contributed by atoms with van der Waals surface area (Å²) in [6.07, 6.45) is 2.36. The Kier molecular flexibility index (Phi) is 3.81. The molecule has 0 aliphatic carbocycles. The Labute approximate surface area is 124 Å². The third kappa shape index (κ3) is 3.16. The molecule has 2 saturated heterocycles. The molecular weight excluding hydrogens is 270 g/mol. The molecule has 3 rings (SSSR count). The predicted molar refractivity (Wildman–Crippen MR) is 81.3 cm³/mol. The molecule has 1 aromatic heterocycles. The molecule has 0 amide bonds. The molecule has 1 aromatic rings. The maximum Gasteiger partial charge on any atom is 0.243 e. The van der Waals surface area contributed by atoms with Gasteiger partial charge in [-0.2, -0.15) is 15.0 Å². The Morgan fingerprint density at radius 1 is 1.05 bits per heavy atom. The molecule has 0 radical (unpaired) electrons. The van der Waals surface area contributed by atoms with E-state index in [1.54, 1.807) is 0 Å². The Hall–Kier alpha value is -1.67. The van der Waals surface area contributed by atoms with E-state index in [4.69, 9.17) is 10.6 Å². The van der Waals surface area contributed by atoms with Crippen molar-refractivity contribution in [2.45, 2.75) is 32.3 Å². The van der Waals surface area contributed by atoms with Gasteiger partial charge in [0, 0.05) is 26.2 Å². The van der Waals surface area contributed by atoms with Crippen LogP contribution < -0.4 is 21.1 Å². The first-order valence-corrected chi connectivity index (χ1v) is 7.44. The van der Waals surface area contributed by atoms with Gasteiger partial charge in [-0.25, -0.2) is 5.84 Å². The van der Waals surface area contributed by atoms with Crippen molar-refractivity contribution in [3.05, 3.63) is 0 Å². The standard InChI is InChI=1S/C13H23N7O/c1-13(2)9-20(7-8-21-13)12-16-10(18-14)15-11(17-12)19-5-3-4-6-19/h3-9,14H2,1-2H3,(H,15,16,17,18). The number of hydrazine groups is 1. The van der Waals surface area contributed by atoms with Crippen molar-refractivity contribution >= 4 is 17.8 Å². The van der Waals surface area contributed by atoms with Crippen molar-refractivity contribution in [2.75, 3.05) is 48.0 Å². The minimum Gasteiger partial charge on any atom is -0.372 e. The maximum absolute atomic E-state index is 5.74. The van der Waals surface area contributed by atoms with Gasteiger partial charge >= 0.3 is 0 Å². The highest BCUT2D eigenvalue weighted by Gasteiger charge is 2.29. The summed E-state index contributed by atoms with van der Waals surface area (Å²) in [6.45, 7) is 8.32. The van der Waals surface area contributed by atoms with Gasteiger partial charge in [0.2, 0.25) is 17.8 Å². The number of hydrogen-bond acceptors (Lipinski definition) is 8. The second-order valence-electron chi connectivity index (χ2n) is 6.13. The average Bonchev–Trinajstić information content (AvgIpc) is 3.00. The summed E-state index contributed by atoms with van der Waals surface area (Å²) < 4.78 is 5.74. The molecule has 2 fully saturated rings. The smallest absolute Gasteiger partial charge is 0.243 e. The Balaban J connectivity index is 1.88. The number of anilines is 3. The minimum absolute atomic E-state index is 0.199. The molecule has 2 aliphatic rings. The number of hydrogen-bond donors (Lipinski definition) is 2. The highest BCUT2D eigenvalue weighted by atomic mass is 16.5. The summed E-state index contributed by atoms with van der Waals surface area (Å²) in [5.41, 5.74) is 2.34. The summed E-state index contributed by atoms with van der Waals surface area (Å²) in [6, 6.07) is 0. The molecule has 0 spiro atoms. The van der Waals surface area contributed by atoms with Crippen LogP contribution in [0, 0.1) is 0 Å². The van der Waals surface area contributed by atoms with Crippen molar-refractivity contribution in [3.63, 3.8) is 0 Å². The third-order valence-electron chi connectivity index (χ3n) is 3.84. The van der Waals surface area contributed by atoms with E-state index >= 15 is 0 Å². The molecule has 116 valence electrons. The first kappa shape index (κ1) is 14.3. The summed E-state index contributed by atoms with van der Waals surface area (Å²) in [5.74, 6) is 7.28. The topological polar surface area (TPSA) is 92.4 Å². The second-order valence-corrected chi connectivity index (χ2v) is 6.13. The summed E-state index contributed by atoms with van der Waals surface area (Å²) >= 11 is 0. The number of aromatic nitrogens is 3.